The van der Waals surface area contributed by atoms with Gasteiger partial charge in [0.05, 0.1) is 38.6 Å². The molecule has 0 spiro atoms. The van der Waals surface area contributed by atoms with Gasteiger partial charge in [0.1, 0.15) is 5.58 Å². The molecule has 0 aliphatic rings. The van der Waals surface area contributed by atoms with Crippen molar-refractivity contribution < 1.29 is 9.90 Å². The van der Waals surface area contributed by atoms with Crippen molar-refractivity contribution in [2.24, 2.45) is 0 Å². The van der Waals surface area contributed by atoms with Gasteiger partial charge in [0.25, 0.3) is 0 Å². The number of fused-ring (bicyclic) bond motifs is 10. The predicted molar refractivity (Wildman–Crippen MR) is 246 cm³/mol. The van der Waals surface area contributed by atoms with Crippen LogP contribution in [-0.2, 0) is 0 Å². The molecule has 9 aromatic carbocycles. The fraction of sp³-hybridized carbons (Fsp3) is 0. The molecule has 58 heavy (non-hydrogen) atoms. The van der Waals surface area contributed by atoms with Crippen LogP contribution in [0.15, 0.2) is 223 Å². The van der Waals surface area contributed by atoms with E-state index in [1.54, 1.807) is 0 Å². The van der Waals surface area contributed by atoms with Crippen LogP contribution >= 0.6 is 0 Å². The summed E-state index contributed by atoms with van der Waals surface area (Å²) < 4.78 is 47.1. The number of benzene rings is 9. The van der Waals surface area contributed by atoms with Crippen molar-refractivity contribution in [3.05, 3.63) is 218 Å². The van der Waals surface area contributed by atoms with E-state index < -0.39 is 8.07 Å². The van der Waals surface area contributed by atoms with Gasteiger partial charge in [-0.1, -0.05) is 176 Å². The fourth-order valence-electron chi connectivity index (χ4n) is 9.62. The lowest BCUT2D eigenvalue weighted by Crippen LogP contribution is -2.74. The maximum atomic E-state index is 9.29. The highest BCUT2D eigenvalue weighted by Gasteiger charge is 2.41. The topological polar surface area (TPSA) is 23.0 Å². The van der Waals surface area contributed by atoms with Crippen molar-refractivity contribution in [1.29, 1.82) is 0 Å². The van der Waals surface area contributed by atoms with E-state index in [1.807, 2.05) is 47.0 Å². The standard InChI is InChI=1S/C54H36N2OSi/c1-4-20-38(21-5-1)58(39-22-6-2-7-23-39,40-24-8-3-9-25-40)41-26-18-19-37(35-41)55-47-31-14-12-29-44(47)46-36-50(54-52(53(46)55)45-30-13-17-34-51(45)57-54)56-48-32-15-10-27-42(48)43-28-11-16-33-49(43)56/h1-36H/i10D,15D,27D,32D. The molecule has 0 amide bonds. The molecule has 0 radical (unpaired) electrons. The number of para-hydroxylation sites is 4. The van der Waals surface area contributed by atoms with Gasteiger partial charge < -0.3 is 13.6 Å². The van der Waals surface area contributed by atoms with Gasteiger partial charge in [-0.15, -0.1) is 0 Å². The molecule has 12 aromatic rings. The van der Waals surface area contributed by atoms with Gasteiger partial charge in [-0.3, -0.25) is 0 Å². The van der Waals surface area contributed by atoms with Crippen LogP contribution in [0.4, 0.5) is 0 Å². The van der Waals surface area contributed by atoms with Gasteiger partial charge in [-0.05, 0) is 63.2 Å². The molecule has 0 N–H and O–H groups in total. The molecule has 0 unspecified atom stereocenters. The van der Waals surface area contributed by atoms with Crippen molar-refractivity contribution in [1.82, 2.24) is 9.13 Å². The number of hydrogen-bond acceptors (Lipinski definition) is 1. The first-order chi connectivity index (χ1) is 30.5. The molecule has 0 fully saturated rings. The lowest BCUT2D eigenvalue weighted by atomic mass is 10.1. The number of nitrogens with zero attached hydrogens (tertiary/aromatic N) is 2. The molecule has 3 heterocycles. The summed E-state index contributed by atoms with van der Waals surface area (Å²) in [7, 11) is -2.88. The highest BCUT2D eigenvalue weighted by molar-refractivity contribution is 7.19. The summed E-state index contributed by atoms with van der Waals surface area (Å²) in [5.41, 5.74) is 6.33. The Morgan fingerprint density at radius 2 is 0.948 bits per heavy atom. The highest BCUT2D eigenvalue weighted by Crippen LogP contribution is 2.45. The Balaban J connectivity index is 1.23. The SMILES string of the molecule is [2H]c1c([2H])c([2H])c2c(c1[2H])c1ccccc1n2-c1cc2c3ccccc3n(-c3cccc([Si](c4ccccc4)(c4ccccc4)c4ccccc4)c3)c2c2c1oc1ccccc12. The Morgan fingerprint density at radius 1 is 0.414 bits per heavy atom. The van der Waals surface area contributed by atoms with Crippen LogP contribution in [-0.4, -0.2) is 17.2 Å². The molecule has 3 nitrogen and oxygen atoms in total. The van der Waals surface area contributed by atoms with Crippen LogP contribution in [0.2, 0.25) is 0 Å². The van der Waals surface area contributed by atoms with Gasteiger partial charge in [-0.2, -0.15) is 0 Å². The summed E-state index contributed by atoms with van der Waals surface area (Å²) >= 11 is 0. The van der Waals surface area contributed by atoms with Gasteiger partial charge in [-0.25, -0.2) is 0 Å². The Kier molecular flexibility index (Phi) is 6.39. The number of furan rings is 1. The van der Waals surface area contributed by atoms with Gasteiger partial charge in [0.15, 0.2) is 13.7 Å². The molecule has 12 rings (SSSR count). The third-order valence-corrected chi connectivity index (χ3v) is 16.7. The van der Waals surface area contributed by atoms with Crippen LogP contribution in [0.3, 0.4) is 0 Å². The fourth-order valence-corrected chi connectivity index (χ4v) is 14.4. The summed E-state index contributed by atoms with van der Waals surface area (Å²) in [6, 6.07) is 68.0. The van der Waals surface area contributed by atoms with Crippen molar-refractivity contribution in [3.63, 3.8) is 0 Å². The normalized spacial score (nSPS) is 13.1. The summed E-state index contributed by atoms with van der Waals surface area (Å²) in [6.45, 7) is 0. The number of rotatable bonds is 6. The molecule has 272 valence electrons. The van der Waals surface area contributed by atoms with Crippen LogP contribution < -0.4 is 20.7 Å². The monoisotopic (exact) mass is 760 g/mol. The van der Waals surface area contributed by atoms with Crippen LogP contribution in [0.1, 0.15) is 5.48 Å². The average molecular weight is 761 g/mol. The third kappa shape index (κ3) is 4.61. The minimum Gasteiger partial charge on any atom is -0.454 e. The van der Waals surface area contributed by atoms with E-state index in [9.17, 15) is 1.37 Å². The minimum atomic E-state index is -2.88. The number of hydrogen-bond donors (Lipinski definition) is 0. The van der Waals surface area contributed by atoms with Crippen molar-refractivity contribution in [3.8, 4) is 11.4 Å². The Hall–Kier alpha value is -7.40. The van der Waals surface area contributed by atoms with E-state index in [2.05, 4.69) is 156 Å². The minimum absolute atomic E-state index is 0.0597. The molecular weight excluding hydrogens is 721 g/mol. The van der Waals surface area contributed by atoms with Crippen LogP contribution in [0.25, 0.3) is 76.9 Å². The smallest absolute Gasteiger partial charge is 0.179 e. The molecule has 3 aromatic heterocycles. The van der Waals surface area contributed by atoms with Crippen LogP contribution in [0, 0.1) is 0 Å². The van der Waals surface area contributed by atoms with E-state index in [0.29, 0.717) is 22.2 Å². The Bertz CT molecular complexity index is 3650. The van der Waals surface area contributed by atoms with Crippen molar-refractivity contribution >= 4 is 94.4 Å². The first-order valence-corrected chi connectivity index (χ1v) is 21.6. The zero-order chi connectivity index (χ0) is 41.7. The summed E-state index contributed by atoms with van der Waals surface area (Å²) in [5, 5.41) is 10.3. The highest BCUT2D eigenvalue weighted by atomic mass is 28.3. The lowest BCUT2D eigenvalue weighted by Gasteiger charge is -2.34. The predicted octanol–water partition coefficient (Wildman–Crippen LogP) is 11.2. The second-order valence-corrected chi connectivity index (χ2v) is 18.7. The Labute approximate surface area is 341 Å². The van der Waals surface area contributed by atoms with Crippen molar-refractivity contribution in [2.45, 2.75) is 0 Å². The third-order valence-electron chi connectivity index (χ3n) is 12.0. The summed E-state index contributed by atoms with van der Waals surface area (Å²) in [4.78, 5) is 0. The molecule has 0 bridgehead atoms. The second kappa shape index (κ2) is 12.8. The molecule has 0 aliphatic carbocycles. The maximum absolute atomic E-state index is 9.29. The second-order valence-electron chi connectivity index (χ2n) is 14.9. The number of aromatic nitrogens is 2. The molecule has 4 heteroatoms. The zero-order valence-electron chi connectivity index (χ0n) is 35.3. The lowest BCUT2D eigenvalue weighted by molar-refractivity contribution is 0.666. The average Bonchev–Trinajstić information content (AvgIpc) is 4.00. The van der Waals surface area contributed by atoms with Gasteiger partial charge in [0, 0.05) is 32.6 Å². The first-order valence-electron chi connectivity index (χ1n) is 21.6. The molecule has 0 saturated heterocycles. The summed E-state index contributed by atoms with van der Waals surface area (Å²) in [5.74, 6) is 0. The molecule has 0 atom stereocenters. The molecular formula is C54H36N2OSi. The van der Waals surface area contributed by atoms with E-state index in [-0.39, 0.29) is 24.2 Å². The van der Waals surface area contributed by atoms with E-state index >= 15 is 0 Å². The van der Waals surface area contributed by atoms with Crippen molar-refractivity contribution in [2.75, 3.05) is 0 Å². The largest absolute Gasteiger partial charge is 0.454 e. The maximum Gasteiger partial charge on any atom is 0.179 e. The van der Waals surface area contributed by atoms with Gasteiger partial charge >= 0.3 is 0 Å². The van der Waals surface area contributed by atoms with Crippen LogP contribution in [0.5, 0.6) is 0 Å². The molecule has 0 aliphatic heterocycles. The Morgan fingerprint density at radius 3 is 1.62 bits per heavy atom. The van der Waals surface area contributed by atoms with E-state index in [0.717, 1.165) is 54.8 Å². The quantitative estimate of drug-likeness (QED) is 0.122. The zero-order valence-corrected chi connectivity index (χ0v) is 32.3. The van der Waals surface area contributed by atoms with Gasteiger partial charge in [0.2, 0.25) is 0 Å². The van der Waals surface area contributed by atoms with E-state index in [1.165, 1.54) is 20.7 Å². The van der Waals surface area contributed by atoms with E-state index in [4.69, 9.17) is 8.53 Å². The summed E-state index contributed by atoms with van der Waals surface area (Å²) in [6.07, 6.45) is 0. The molecule has 0 saturated carbocycles. The first kappa shape index (κ1) is 28.9.